The molecule has 2 N–H and O–H groups in total. The van der Waals surface area contributed by atoms with Gasteiger partial charge in [0.2, 0.25) is 0 Å². The molecule has 0 heterocycles. The van der Waals surface area contributed by atoms with Gasteiger partial charge in [0.15, 0.2) is 0 Å². The Morgan fingerprint density at radius 2 is 1.59 bits per heavy atom. The summed E-state index contributed by atoms with van der Waals surface area (Å²) in [4.78, 5) is 10.4. The van der Waals surface area contributed by atoms with Gasteiger partial charge in [0.25, 0.3) is 0 Å². The lowest BCUT2D eigenvalue weighted by atomic mass is 10.1. The van der Waals surface area contributed by atoms with Crippen LogP contribution in [-0.2, 0) is 4.79 Å². The standard InChI is InChI=1S/C13H26N2O2/c1-3-4-5-6-7-8-9-10-11-14-15-12(2)13(16)17/h14H,3-11H2,1-2H3,(H,16,17). The van der Waals surface area contributed by atoms with Crippen LogP contribution in [0.5, 0.6) is 0 Å². The third-order valence-corrected chi connectivity index (χ3v) is 2.70. The summed E-state index contributed by atoms with van der Waals surface area (Å²) in [5, 5.41) is 12.3. The molecule has 0 aromatic heterocycles. The van der Waals surface area contributed by atoms with Gasteiger partial charge >= 0.3 is 5.97 Å². The molecule has 17 heavy (non-hydrogen) atoms. The molecule has 0 unspecified atom stereocenters. The molecule has 0 rings (SSSR count). The van der Waals surface area contributed by atoms with Gasteiger partial charge in [0, 0.05) is 6.54 Å². The van der Waals surface area contributed by atoms with E-state index in [4.69, 9.17) is 5.11 Å². The fourth-order valence-electron chi connectivity index (χ4n) is 1.56. The van der Waals surface area contributed by atoms with E-state index in [0.717, 1.165) is 13.0 Å². The van der Waals surface area contributed by atoms with Crippen LogP contribution in [0.3, 0.4) is 0 Å². The number of rotatable bonds is 11. The molecule has 0 bridgehead atoms. The third kappa shape index (κ3) is 11.2. The number of unbranched alkanes of at least 4 members (excludes halogenated alkanes) is 7. The van der Waals surface area contributed by atoms with E-state index in [2.05, 4.69) is 17.5 Å². The number of nitrogens with one attached hydrogen (secondary N) is 1. The zero-order valence-corrected chi connectivity index (χ0v) is 11.2. The van der Waals surface area contributed by atoms with Gasteiger partial charge in [0.05, 0.1) is 0 Å². The van der Waals surface area contributed by atoms with Gasteiger partial charge in [0.1, 0.15) is 5.71 Å². The van der Waals surface area contributed by atoms with Crippen molar-refractivity contribution in [2.75, 3.05) is 6.54 Å². The predicted molar refractivity (Wildman–Crippen MR) is 71.4 cm³/mol. The van der Waals surface area contributed by atoms with Gasteiger partial charge in [-0.3, -0.25) is 0 Å². The second-order valence-electron chi connectivity index (χ2n) is 4.39. The van der Waals surface area contributed by atoms with Crippen LogP contribution in [0.25, 0.3) is 0 Å². The topological polar surface area (TPSA) is 61.7 Å². The summed E-state index contributed by atoms with van der Waals surface area (Å²) in [5.74, 6) is -0.964. The van der Waals surface area contributed by atoms with Crippen molar-refractivity contribution in [1.29, 1.82) is 0 Å². The highest BCUT2D eigenvalue weighted by molar-refractivity contribution is 6.34. The summed E-state index contributed by atoms with van der Waals surface area (Å²) >= 11 is 0. The highest BCUT2D eigenvalue weighted by Crippen LogP contribution is 2.07. The number of carboxylic acids is 1. The summed E-state index contributed by atoms with van der Waals surface area (Å²) in [6, 6.07) is 0. The average Bonchev–Trinajstić information content (AvgIpc) is 2.31. The van der Waals surface area contributed by atoms with Crippen LogP contribution in [0, 0.1) is 0 Å². The van der Waals surface area contributed by atoms with Crippen LogP contribution in [0.15, 0.2) is 5.10 Å². The van der Waals surface area contributed by atoms with Crippen LogP contribution < -0.4 is 5.43 Å². The monoisotopic (exact) mass is 242 g/mol. The summed E-state index contributed by atoms with van der Waals surface area (Å²) in [7, 11) is 0. The molecule has 4 heteroatoms. The second kappa shape index (κ2) is 11.4. The quantitative estimate of drug-likeness (QED) is 0.332. The molecule has 0 fully saturated rings. The van der Waals surface area contributed by atoms with Crippen LogP contribution in [0.1, 0.15) is 65.2 Å². The molecular weight excluding hydrogens is 216 g/mol. The molecule has 0 aromatic carbocycles. The number of nitrogens with zero attached hydrogens (tertiary/aromatic N) is 1. The molecule has 0 aliphatic heterocycles. The summed E-state index contributed by atoms with van der Waals surface area (Å²) in [6.07, 6.45) is 10.2. The van der Waals surface area contributed by atoms with Gasteiger partial charge in [-0.1, -0.05) is 51.9 Å². The lowest BCUT2D eigenvalue weighted by molar-refractivity contribution is -0.129. The van der Waals surface area contributed by atoms with Gasteiger partial charge in [-0.05, 0) is 13.3 Å². The average molecular weight is 242 g/mol. The molecule has 0 saturated heterocycles. The fraction of sp³-hybridized carbons (Fsp3) is 0.846. The smallest absolute Gasteiger partial charge is 0.351 e. The summed E-state index contributed by atoms with van der Waals surface area (Å²) in [6.45, 7) is 4.48. The highest BCUT2D eigenvalue weighted by Gasteiger charge is 1.99. The Kier molecular flexibility index (Phi) is 10.7. The van der Waals surface area contributed by atoms with Crippen LogP contribution in [0.2, 0.25) is 0 Å². The molecule has 0 aromatic rings. The van der Waals surface area contributed by atoms with Gasteiger partial charge in [-0.25, -0.2) is 4.79 Å². The maximum atomic E-state index is 10.4. The second-order valence-corrected chi connectivity index (χ2v) is 4.39. The van der Waals surface area contributed by atoms with Crippen molar-refractivity contribution in [3.63, 3.8) is 0 Å². The molecular formula is C13H26N2O2. The first kappa shape index (κ1) is 15.9. The van der Waals surface area contributed by atoms with Gasteiger partial charge in [-0.15, -0.1) is 0 Å². The normalized spacial score (nSPS) is 11.5. The minimum atomic E-state index is -0.964. The van der Waals surface area contributed by atoms with E-state index < -0.39 is 5.97 Å². The van der Waals surface area contributed by atoms with E-state index in [0.29, 0.717) is 0 Å². The number of hydrazone groups is 1. The van der Waals surface area contributed by atoms with Crippen molar-refractivity contribution in [2.45, 2.75) is 65.2 Å². The molecule has 0 spiro atoms. The minimum Gasteiger partial charge on any atom is -0.477 e. The first-order valence-corrected chi connectivity index (χ1v) is 6.69. The van der Waals surface area contributed by atoms with Crippen LogP contribution in [0.4, 0.5) is 0 Å². The largest absolute Gasteiger partial charge is 0.477 e. The lowest BCUT2D eigenvalue weighted by Gasteiger charge is -2.02. The van der Waals surface area contributed by atoms with E-state index >= 15 is 0 Å². The number of hydrogen-bond donors (Lipinski definition) is 2. The third-order valence-electron chi connectivity index (χ3n) is 2.70. The van der Waals surface area contributed by atoms with Crippen molar-refractivity contribution in [2.24, 2.45) is 5.10 Å². The molecule has 4 nitrogen and oxygen atoms in total. The SMILES string of the molecule is CCCCCCCCCCNN=C(C)C(=O)O. The number of carboxylic acid groups (broad SMARTS) is 1. The predicted octanol–water partition coefficient (Wildman–Crippen LogP) is 3.18. The van der Waals surface area contributed by atoms with E-state index in [9.17, 15) is 4.79 Å². The van der Waals surface area contributed by atoms with E-state index in [1.54, 1.807) is 0 Å². The van der Waals surface area contributed by atoms with Gasteiger partial charge < -0.3 is 10.5 Å². The Morgan fingerprint density at radius 3 is 2.12 bits per heavy atom. The van der Waals surface area contributed by atoms with Crippen LogP contribution in [-0.4, -0.2) is 23.3 Å². The van der Waals surface area contributed by atoms with Crippen molar-refractivity contribution in [3.05, 3.63) is 0 Å². The first-order chi connectivity index (χ1) is 8.18. The summed E-state index contributed by atoms with van der Waals surface area (Å²) < 4.78 is 0. The number of carbonyl (C=O) groups is 1. The zero-order chi connectivity index (χ0) is 12.9. The van der Waals surface area contributed by atoms with Crippen molar-refractivity contribution in [1.82, 2.24) is 5.43 Å². The molecule has 0 aliphatic rings. The maximum Gasteiger partial charge on any atom is 0.351 e. The first-order valence-electron chi connectivity index (χ1n) is 6.69. The Labute approximate surface area is 104 Å². The van der Waals surface area contributed by atoms with Crippen molar-refractivity contribution < 1.29 is 9.90 Å². The summed E-state index contributed by atoms with van der Waals surface area (Å²) in [5.41, 5.74) is 2.90. The molecule has 0 saturated carbocycles. The molecule has 100 valence electrons. The Balaban J connectivity index is 3.19. The highest BCUT2D eigenvalue weighted by atomic mass is 16.4. The molecule has 0 atom stereocenters. The Bertz CT molecular complexity index is 227. The van der Waals surface area contributed by atoms with E-state index in [1.807, 2.05) is 0 Å². The van der Waals surface area contributed by atoms with Crippen molar-refractivity contribution >= 4 is 11.7 Å². The lowest BCUT2D eigenvalue weighted by Crippen LogP contribution is -2.16. The van der Waals surface area contributed by atoms with E-state index in [1.165, 1.54) is 51.9 Å². The zero-order valence-electron chi connectivity index (χ0n) is 11.2. The molecule has 0 aliphatic carbocycles. The van der Waals surface area contributed by atoms with Crippen LogP contribution >= 0.6 is 0 Å². The van der Waals surface area contributed by atoms with Crippen molar-refractivity contribution in [3.8, 4) is 0 Å². The minimum absolute atomic E-state index is 0.115. The van der Waals surface area contributed by atoms with E-state index in [-0.39, 0.29) is 5.71 Å². The molecule has 0 radical (unpaired) electrons. The number of aliphatic carboxylic acids is 1. The number of hydrogen-bond acceptors (Lipinski definition) is 3. The molecule has 0 amide bonds. The fourth-order valence-corrected chi connectivity index (χ4v) is 1.56. The maximum absolute atomic E-state index is 10.4. The Morgan fingerprint density at radius 1 is 1.06 bits per heavy atom. The van der Waals surface area contributed by atoms with Gasteiger partial charge in [-0.2, -0.15) is 5.10 Å². The Hall–Kier alpha value is -1.06.